The number of carbonyl (C=O) groups is 4. The van der Waals surface area contributed by atoms with Gasteiger partial charge in [0, 0.05) is 59.4 Å². The number of thiophene rings is 1. The number of allylic oxidation sites excluding steroid dienone is 1. The van der Waals surface area contributed by atoms with Gasteiger partial charge in [-0.15, -0.1) is 11.3 Å². The van der Waals surface area contributed by atoms with E-state index in [1.54, 1.807) is 17.9 Å². The van der Waals surface area contributed by atoms with Gasteiger partial charge >= 0.3 is 0 Å². The minimum atomic E-state index is -0.825. The molecule has 60 heavy (non-hydrogen) atoms. The molecule has 316 valence electrons. The third kappa shape index (κ3) is 8.96. The fraction of sp³-hybridized carbons (Fsp3) is 0.444. The molecular weight excluding hydrogens is 798 g/mol. The highest BCUT2D eigenvalue weighted by molar-refractivity contribution is 7.17. The molecule has 7 rings (SSSR count). The SMILES string of the molecule is C=C1CCC(N2C(=O)c3cccc(N4CCN(CCCCCCCCNC(=O)C[C@@H]5N=C(c6ccc(Cl)cc6)c6c(sc(C)c6C)N(C(C)=N)C5=N)CC4)c3C2=O)C(=O)N1. The lowest BCUT2D eigenvalue weighted by molar-refractivity contribution is -0.125. The van der Waals surface area contributed by atoms with E-state index >= 15 is 0 Å². The third-order valence-corrected chi connectivity index (χ3v) is 13.4. The summed E-state index contributed by atoms with van der Waals surface area (Å²) in [6, 6.07) is 11.3. The van der Waals surface area contributed by atoms with Gasteiger partial charge in [0.2, 0.25) is 11.8 Å². The first-order valence-corrected chi connectivity index (χ1v) is 22.1. The number of amides is 4. The van der Waals surface area contributed by atoms with Crippen LogP contribution in [0.25, 0.3) is 0 Å². The molecule has 4 aliphatic heterocycles. The van der Waals surface area contributed by atoms with Crippen LogP contribution in [0.5, 0.6) is 0 Å². The topological polar surface area (TPSA) is 165 Å². The minimum Gasteiger partial charge on any atom is -0.368 e. The highest BCUT2D eigenvalue weighted by Crippen LogP contribution is 2.40. The van der Waals surface area contributed by atoms with Crippen LogP contribution < -0.4 is 20.4 Å². The maximum Gasteiger partial charge on any atom is 0.264 e. The zero-order valence-electron chi connectivity index (χ0n) is 34.7. The average molecular weight is 853 g/mol. The molecule has 0 radical (unpaired) electrons. The summed E-state index contributed by atoms with van der Waals surface area (Å²) in [6.07, 6.45) is 7.23. The number of hydrogen-bond donors (Lipinski definition) is 4. The maximum atomic E-state index is 13.6. The number of carbonyl (C=O) groups excluding carboxylic acids is 4. The van der Waals surface area contributed by atoms with Crippen LogP contribution >= 0.6 is 22.9 Å². The Morgan fingerprint density at radius 3 is 2.37 bits per heavy atom. The second-order valence-electron chi connectivity index (χ2n) is 16.1. The van der Waals surface area contributed by atoms with Gasteiger partial charge in [-0.1, -0.05) is 62.1 Å². The van der Waals surface area contributed by atoms with Crippen molar-refractivity contribution in [2.24, 2.45) is 4.99 Å². The lowest BCUT2D eigenvalue weighted by Crippen LogP contribution is -2.51. The van der Waals surface area contributed by atoms with Crippen LogP contribution in [0.15, 0.2) is 59.7 Å². The first-order chi connectivity index (χ1) is 28.8. The predicted octanol–water partition coefficient (Wildman–Crippen LogP) is 7.08. The molecule has 3 aromatic rings. The number of rotatable bonds is 14. The van der Waals surface area contributed by atoms with Gasteiger partial charge in [-0.05, 0) is 82.8 Å². The summed E-state index contributed by atoms with van der Waals surface area (Å²) in [5.41, 5.74) is 5.62. The van der Waals surface area contributed by atoms with E-state index in [2.05, 4.69) is 27.0 Å². The highest BCUT2D eigenvalue weighted by Gasteiger charge is 2.45. The molecule has 13 nitrogen and oxygen atoms in total. The van der Waals surface area contributed by atoms with E-state index in [1.807, 2.05) is 50.2 Å². The number of anilines is 2. The van der Waals surface area contributed by atoms with Crippen LogP contribution in [0, 0.1) is 24.7 Å². The second-order valence-corrected chi connectivity index (χ2v) is 17.7. The van der Waals surface area contributed by atoms with Crippen molar-refractivity contribution >= 4 is 74.6 Å². The van der Waals surface area contributed by atoms with Gasteiger partial charge in [-0.2, -0.15) is 0 Å². The lowest BCUT2D eigenvalue weighted by Gasteiger charge is -2.36. The highest BCUT2D eigenvalue weighted by atomic mass is 35.5. The van der Waals surface area contributed by atoms with Crippen molar-refractivity contribution in [3.8, 4) is 0 Å². The zero-order valence-corrected chi connectivity index (χ0v) is 36.2. The van der Waals surface area contributed by atoms with Crippen LogP contribution in [0.1, 0.15) is 107 Å². The smallest absolute Gasteiger partial charge is 0.264 e. The number of imide groups is 1. The molecule has 4 amide bonds. The van der Waals surface area contributed by atoms with E-state index in [-0.39, 0.29) is 29.9 Å². The number of nitrogens with one attached hydrogen (secondary N) is 4. The molecule has 4 N–H and O–H groups in total. The predicted molar refractivity (Wildman–Crippen MR) is 240 cm³/mol. The number of aliphatic imine (C=N–C) groups is 1. The standard InChI is InChI=1S/C45H54ClN9O4S/c1-27-14-19-36(42(57)50-27)55-43(58)33-12-11-13-35(39(33)44(55)59)53-24-22-52(23-25-53)21-10-8-6-5-7-9-20-49-37(56)26-34-41(48)54(30(4)47)45-38(28(2)29(3)60-45)40(51-34)31-15-17-32(46)18-16-31/h11-13,15-18,34,36,47-48H,1,5-10,14,19-26H2,2-4H3,(H,49,56)(H,50,57)/t34-,36?/m0/s1. The van der Waals surface area contributed by atoms with E-state index in [9.17, 15) is 19.2 Å². The zero-order chi connectivity index (χ0) is 42.7. The average Bonchev–Trinajstić information content (AvgIpc) is 3.60. The van der Waals surface area contributed by atoms with E-state index in [0.717, 1.165) is 108 Å². The van der Waals surface area contributed by atoms with Crippen molar-refractivity contribution < 1.29 is 19.2 Å². The maximum absolute atomic E-state index is 13.6. The molecule has 0 saturated carbocycles. The molecule has 2 fully saturated rings. The van der Waals surface area contributed by atoms with E-state index in [4.69, 9.17) is 27.4 Å². The molecular formula is C45H54ClN9O4S. The molecule has 1 aromatic heterocycles. The lowest BCUT2D eigenvalue weighted by atomic mass is 9.99. The number of piperidine rings is 1. The van der Waals surface area contributed by atoms with Gasteiger partial charge in [-0.3, -0.25) is 49.7 Å². The number of aryl methyl sites for hydroxylation is 1. The largest absolute Gasteiger partial charge is 0.368 e. The van der Waals surface area contributed by atoms with Crippen molar-refractivity contribution in [3.05, 3.63) is 92.5 Å². The summed E-state index contributed by atoms with van der Waals surface area (Å²) in [6.45, 7) is 14.3. The molecule has 0 bridgehead atoms. The van der Waals surface area contributed by atoms with Gasteiger partial charge in [0.05, 0.1) is 28.9 Å². The first-order valence-electron chi connectivity index (χ1n) is 20.9. The number of amidine groups is 2. The molecule has 15 heteroatoms. The normalized spacial score (nSPS) is 19.6. The van der Waals surface area contributed by atoms with Gasteiger partial charge < -0.3 is 15.5 Å². The number of halogens is 1. The molecule has 0 spiro atoms. The Kier molecular flexibility index (Phi) is 13.3. The number of piperazine rings is 1. The Balaban J connectivity index is 0.822. The van der Waals surface area contributed by atoms with Crippen molar-refractivity contribution in [1.82, 2.24) is 20.4 Å². The summed E-state index contributed by atoms with van der Waals surface area (Å²) in [4.78, 5) is 66.4. The van der Waals surface area contributed by atoms with E-state index < -0.39 is 23.9 Å². The Morgan fingerprint density at radius 2 is 1.67 bits per heavy atom. The molecule has 2 atom stereocenters. The molecule has 2 aromatic carbocycles. The summed E-state index contributed by atoms with van der Waals surface area (Å²) in [5, 5.41) is 24.8. The Morgan fingerprint density at radius 1 is 0.967 bits per heavy atom. The fourth-order valence-corrected chi connectivity index (χ4v) is 9.93. The number of unbranched alkanes of at least 4 members (excludes halogenated alkanes) is 5. The second kappa shape index (κ2) is 18.6. The Hall–Kier alpha value is -5.18. The molecule has 0 aliphatic carbocycles. The van der Waals surface area contributed by atoms with Crippen LogP contribution in [-0.2, 0) is 9.59 Å². The summed E-state index contributed by atoms with van der Waals surface area (Å²) in [7, 11) is 0. The first kappa shape index (κ1) is 42.9. The quantitative estimate of drug-likeness (QED) is 0.0583. The summed E-state index contributed by atoms with van der Waals surface area (Å²) < 4.78 is 0. The number of benzene rings is 2. The van der Waals surface area contributed by atoms with Gasteiger partial charge in [0.1, 0.15) is 28.8 Å². The van der Waals surface area contributed by atoms with Crippen molar-refractivity contribution in [3.63, 3.8) is 0 Å². The van der Waals surface area contributed by atoms with Crippen molar-refractivity contribution in [2.75, 3.05) is 49.1 Å². The van der Waals surface area contributed by atoms with Crippen LogP contribution in [0.4, 0.5) is 10.7 Å². The van der Waals surface area contributed by atoms with E-state index in [0.29, 0.717) is 46.9 Å². The number of nitrogens with zero attached hydrogens (tertiary/aromatic N) is 5. The third-order valence-electron chi connectivity index (χ3n) is 12.0. The molecule has 2 saturated heterocycles. The Bertz CT molecular complexity index is 2240. The van der Waals surface area contributed by atoms with Gasteiger partial charge in [-0.25, -0.2) is 0 Å². The summed E-state index contributed by atoms with van der Waals surface area (Å²) >= 11 is 7.75. The van der Waals surface area contributed by atoms with Crippen LogP contribution in [0.3, 0.4) is 0 Å². The summed E-state index contributed by atoms with van der Waals surface area (Å²) in [5.74, 6) is -1.00. The van der Waals surface area contributed by atoms with Gasteiger partial charge in [0.25, 0.3) is 11.8 Å². The van der Waals surface area contributed by atoms with Crippen molar-refractivity contribution in [2.45, 2.75) is 90.6 Å². The van der Waals surface area contributed by atoms with Gasteiger partial charge in [0.15, 0.2) is 0 Å². The molecule has 1 unspecified atom stereocenters. The minimum absolute atomic E-state index is 0.0163. The Labute approximate surface area is 360 Å². The number of hydrogen-bond acceptors (Lipinski definition) is 10. The number of fused-ring (bicyclic) bond motifs is 2. The monoisotopic (exact) mass is 851 g/mol. The van der Waals surface area contributed by atoms with Crippen LogP contribution in [0.2, 0.25) is 5.02 Å². The molecule has 4 aliphatic rings. The van der Waals surface area contributed by atoms with E-state index in [1.165, 1.54) is 11.3 Å². The fourth-order valence-electron chi connectivity index (χ4n) is 8.58. The van der Waals surface area contributed by atoms with Crippen molar-refractivity contribution in [1.29, 1.82) is 10.8 Å². The molecule has 5 heterocycles. The van der Waals surface area contributed by atoms with Crippen LogP contribution in [-0.4, -0.2) is 102 Å².